The third-order valence-electron chi connectivity index (χ3n) is 5.17. The molecule has 1 amide bonds. The Morgan fingerprint density at radius 3 is 2.68 bits per heavy atom. The fourth-order valence-corrected chi connectivity index (χ4v) is 3.79. The molecule has 136 valence electrons. The predicted octanol–water partition coefficient (Wildman–Crippen LogP) is 2.80. The van der Waals surface area contributed by atoms with Crippen molar-refractivity contribution in [3.8, 4) is 11.5 Å². The molecule has 0 bridgehead atoms. The van der Waals surface area contributed by atoms with Crippen LogP contribution in [0.25, 0.3) is 6.08 Å². The number of likely N-dealkylation sites (tertiary alicyclic amines) is 2. The van der Waals surface area contributed by atoms with E-state index in [4.69, 9.17) is 9.47 Å². The number of nitrogens with zero attached hydrogens (tertiary/aromatic N) is 2. The highest BCUT2D eigenvalue weighted by Gasteiger charge is 2.29. The van der Waals surface area contributed by atoms with Gasteiger partial charge in [-0.15, -0.1) is 0 Å². The van der Waals surface area contributed by atoms with Gasteiger partial charge in [0.05, 0.1) is 14.2 Å². The summed E-state index contributed by atoms with van der Waals surface area (Å²) in [5, 5.41) is 0. The lowest BCUT2D eigenvalue weighted by Gasteiger charge is -2.27. The molecule has 0 unspecified atom stereocenters. The normalized spacial score (nSPS) is 21.2. The molecule has 2 fully saturated rings. The molecule has 0 aliphatic carbocycles. The van der Waals surface area contributed by atoms with Gasteiger partial charge in [-0.3, -0.25) is 4.79 Å². The van der Waals surface area contributed by atoms with E-state index in [2.05, 4.69) is 4.90 Å². The second-order valence-corrected chi connectivity index (χ2v) is 6.78. The topological polar surface area (TPSA) is 42.0 Å². The van der Waals surface area contributed by atoms with E-state index in [1.54, 1.807) is 20.3 Å². The zero-order valence-electron chi connectivity index (χ0n) is 15.2. The molecule has 0 saturated carbocycles. The minimum absolute atomic E-state index is 0.0968. The number of ether oxygens (including phenoxy) is 2. The van der Waals surface area contributed by atoms with Crippen molar-refractivity contribution in [1.82, 2.24) is 9.80 Å². The number of hydrogen-bond donors (Lipinski definition) is 0. The monoisotopic (exact) mass is 344 g/mol. The minimum atomic E-state index is 0.0968. The summed E-state index contributed by atoms with van der Waals surface area (Å²) in [5.74, 6) is 1.54. The van der Waals surface area contributed by atoms with Crippen molar-refractivity contribution in [2.45, 2.75) is 31.7 Å². The van der Waals surface area contributed by atoms with Crippen LogP contribution in [-0.2, 0) is 4.79 Å². The molecule has 0 radical (unpaired) electrons. The third kappa shape index (κ3) is 4.34. The Hall–Kier alpha value is -2.01. The van der Waals surface area contributed by atoms with Gasteiger partial charge in [0.2, 0.25) is 5.91 Å². The first kappa shape index (κ1) is 17.8. The Kier molecular flexibility index (Phi) is 5.97. The molecule has 1 atom stereocenters. The molecule has 1 aromatic rings. The number of rotatable bonds is 6. The van der Waals surface area contributed by atoms with E-state index in [1.807, 2.05) is 29.2 Å². The van der Waals surface area contributed by atoms with Gasteiger partial charge in [-0.1, -0.05) is 0 Å². The molecular weight excluding hydrogens is 316 g/mol. The van der Waals surface area contributed by atoms with E-state index in [0.717, 1.165) is 37.2 Å². The molecule has 3 rings (SSSR count). The van der Waals surface area contributed by atoms with Crippen LogP contribution < -0.4 is 9.47 Å². The van der Waals surface area contributed by atoms with Crippen LogP contribution in [0.3, 0.4) is 0 Å². The highest BCUT2D eigenvalue weighted by atomic mass is 16.5. The molecule has 1 aromatic carbocycles. The quantitative estimate of drug-likeness (QED) is 0.744. The van der Waals surface area contributed by atoms with Crippen molar-refractivity contribution >= 4 is 12.0 Å². The van der Waals surface area contributed by atoms with Crippen LogP contribution in [-0.4, -0.2) is 62.1 Å². The van der Waals surface area contributed by atoms with E-state index in [9.17, 15) is 4.79 Å². The van der Waals surface area contributed by atoms with Gasteiger partial charge < -0.3 is 19.3 Å². The summed E-state index contributed by atoms with van der Waals surface area (Å²) in [6.45, 7) is 4.24. The summed E-state index contributed by atoms with van der Waals surface area (Å²) in [6, 6.07) is 5.97. The van der Waals surface area contributed by atoms with Crippen LogP contribution in [0, 0.1) is 0 Å². The van der Waals surface area contributed by atoms with Gasteiger partial charge in [-0.05, 0) is 57.0 Å². The average Bonchev–Trinajstić information content (AvgIpc) is 3.32. The first-order valence-corrected chi connectivity index (χ1v) is 9.14. The van der Waals surface area contributed by atoms with Gasteiger partial charge in [0.25, 0.3) is 0 Å². The van der Waals surface area contributed by atoms with Gasteiger partial charge in [-0.25, -0.2) is 0 Å². The maximum absolute atomic E-state index is 12.7. The van der Waals surface area contributed by atoms with E-state index >= 15 is 0 Å². The van der Waals surface area contributed by atoms with E-state index in [1.165, 1.54) is 25.9 Å². The number of amides is 1. The number of methoxy groups -OCH3 is 2. The van der Waals surface area contributed by atoms with E-state index in [0.29, 0.717) is 11.8 Å². The summed E-state index contributed by atoms with van der Waals surface area (Å²) in [6.07, 6.45) is 8.31. The maximum atomic E-state index is 12.7. The van der Waals surface area contributed by atoms with Crippen LogP contribution in [0.5, 0.6) is 11.5 Å². The first-order valence-electron chi connectivity index (χ1n) is 9.14. The van der Waals surface area contributed by atoms with Crippen molar-refractivity contribution < 1.29 is 14.3 Å². The van der Waals surface area contributed by atoms with Crippen LogP contribution in [0.2, 0.25) is 0 Å². The Balaban J connectivity index is 1.65. The molecule has 0 N–H and O–H groups in total. The Bertz CT molecular complexity index is 623. The molecular formula is C20H28N2O3. The fourth-order valence-electron chi connectivity index (χ4n) is 3.79. The standard InChI is InChI=1S/C20H28N2O3/c1-24-18-9-7-16(19(14-18)25-2)8-10-20(23)22-13-5-6-17(22)15-21-11-3-4-12-21/h7-10,14,17H,3-6,11-13,15H2,1-2H3/b10-8+/t17-/m0/s1. The van der Waals surface area contributed by atoms with Crippen LogP contribution in [0.1, 0.15) is 31.2 Å². The molecule has 0 aromatic heterocycles. The molecule has 0 spiro atoms. The minimum Gasteiger partial charge on any atom is -0.497 e. The van der Waals surface area contributed by atoms with Crippen molar-refractivity contribution in [3.63, 3.8) is 0 Å². The lowest BCUT2D eigenvalue weighted by atomic mass is 10.1. The highest BCUT2D eigenvalue weighted by molar-refractivity contribution is 5.92. The predicted molar refractivity (Wildman–Crippen MR) is 99.0 cm³/mol. The third-order valence-corrected chi connectivity index (χ3v) is 5.17. The van der Waals surface area contributed by atoms with Crippen molar-refractivity contribution in [2.75, 3.05) is 40.4 Å². The second kappa shape index (κ2) is 8.39. The smallest absolute Gasteiger partial charge is 0.246 e. The van der Waals surface area contributed by atoms with Gasteiger partial charge in [0.15, 0.2) is 0 Å². The van der Waals surface area contributed by atoms with Gasteiger partial charge in [0, 0.05) is 36.8 Å². The number of carbonyl (C=O) groups excluding carboxylic acids is 1. The van der Waals surface area contributed by atoms with Gasteiger partial charge in [0.1, 0.15) is 11.5 Å². The zero-order valence-corrected chi connectivity index (χ0v) is 15.2. The highest BCUT2D eigenvalue weighted by Crippen LogP contribution is 2.26. The number of hydrogen-bond acceptors (Lipinski definition) is 4. The van der Waals surface area contributed by atoms with E-state index in [-0.39, 0.29) is 5.91 Å². The van der Waals surface area contributed by atoms with E-state index < -0.39 is 0 Å². The fraction of sp³-hybridized carbons (Fsp3) is 0.550. The molecule has 5 heteroatoms. The number of benzene rings is 1. The van der Waals surface area contributed by atoms with Crippen LogP contribution in [0.15, 0.2) is 24.3 Å². The summed E-state index contributed by atoms with van der Waals surface area (Å²) < 4.78 is 10.6. The summed E-state index contributed by atoms with van der Waals surface area (Å²) >= 11 is 0. The van der Waals surface area contributed by atoms with Crippen LogP contribution in [0.4, 0.5) is 0 Å². The summed E-state index contributed by atoms with van der Waals surface area (Å²) in [5.41, 5.74) is 0.881. The average molecular weight is 344 g/mol. The molecule has 2 aliphatic rings. The largest absolute Gasteiger partial charge is 0.497 e. The summed E-state index contributed by atoms with van der Waals surface area (Å²) in [7, 11) is 3.25. The molecule has 25 heavy (non-hydrogen) atoms. The second-order valence-electron chi connectivity index (χ2n) is 6.78. The first-order chi connectivity index (χ1) is 12.2. The molecule has 2 saturated heterocycles. The molecule has 2 heterocycles. The lowest BCUT2D eigenvalue weighted by molar-refractivity contribution is -0.127. The van der Waals surface area contributed by atoms with Crippen molar-refractivity contribution in [1.29, 1.82) is 0 Å². The Labute approximate surface area is 150 Å². The zero-order chi connectivity index (χ0) is 17.6. The number of carbonyl (C=O) groups is 1. The maximum Gasteiger partial charge on any atom is 0.246 e. The molecule has 5 nitrogen and oxygen atoms in total. The van der Waals surface area contributed by atoms with Gasteiger partial charge >= 0.3 is 0 Å². The summed E-state index contributed by atoms with van der Waals surface area (Å²) in [4.78, 5) is 17.2. The Morgan fingerprint density at radius 2 is 1.96 bits per heavy atom. The lowest BCUT2D eigenvalue weighted by Crippen LogP contribution is -2.41. The Morgan fingerprint density at radius 1 is 1.16 bits per heavy atom. The van der Waals surface area contributed by atoms with Crippen molar-refractivity contribution in [2.24, 2.45) is 0 Å². The SMILES string of the molecule is COc1ccc(/C=C/C(=O)N2CCC[C@H]2CN2CCCC2)c(OC)c1. The van der Waals surface area contributed by atoms with Gasteiger partial charge in [-0.2, -0.15) is 0 Å². The van der Waals surface area contributed by atoms with Crippen molar-refractivity contribution in [3.05, 3.63) is 29.8 Å². The van der Waals surface area contributed by atoms with Crippen LogP contribution >= 0.6 is 0 Å². The molecule has 2 aliphatic heterocycles.